The third-order valence-corrected chi connectivity index (χ3v) is 6.20. The van der Waals surface area contributed by atoms with Gasteiger partial charge in [0.1, 0.15) is 5.57 Å². The van der Waals surface area contributed by atoms with Gasteiger partial charge in [0.2, 0.25) is 0 Å². The van der Waals surface area contributed by atoms with Crippen molar-refractivity contribution >= 4 is 68.7 Å². The number of nitrogens with one attached hydrogen (secondary N) is 2. The van der Waals surface area contributed by atoms with Crippen molar-refractivity contribution in [1.29, 1.82) is 0 Å². The van der Waals surface area contributed by atoms with Crippen molar-refractivity contribution in [3.8, 4) is 11.5 Å². The summed E-state index contributed by atoms with van der Waals surface area (Å²) in [4.78, 5) is 51.4. The third kappa shape index (κ3) is 6.21. The minimum absolute atomic E-state index is 0.252. The number of imide groups is 2. The zero-order valence-corrected chi connectivity index (χ0v) is 22.3. The number of hydrogen-bond donors (Lipinski definition) is 2. The molecule has 1 aliphatic rings. The maximum atomic E-state index is 13.2. The molecule has 2 N–H and O–H groups in total. The molecule has 0 unspecified atom stereocenters. The van der Waals surface area contributed by atoms with Crippen LogP contribution in [-0.2, 0) is 14.4 Å². The van der Waals surface area contributed by atoms with Crippen LogP contribution in [-0.4, -0.2) is 37.0 Å². The van der Waals surface area contributed by atoms with Gasteiger partial charge in [0.15, 0.2) is 18.1 Å². The molecule has 1 saturated heterocycles. The molecule has 5 amide bonds. The Kier molecular flexibility index (Phi) is 8.45. The number of ether oxygens (including phenoxy) is 2. The molecule has 0 spiro atoms. The van der Waals surface area contributed by atoms with Crippen LogP contribution in [0.4, 0.5) is 16.2 Å². The van der Waals surface area contributed by atoms with E-state index in [0.717, 1.165) is 4.90 Å². The van der Waals surface area contributed by atoms with Gasteiger partial charge in [-0.2, -0.15) is 0 Å². The maximum absolute atomic E-state index is 13.2. The van der Waals surface area contributed by atoms with Crippen molar-refractivity contribution in [2.45, 2.75) is 6.92 Å². The molecule has 0 aliphatic carbocycles. The van der Waals surface area contributed by atoms with Gasteiger partial charge in [0, 0.05) is 15.2 Å². The molecule has 9 nitrogen and oxygen atoms in total. The number of carbonyl (C=O) groups excluding carboxylic acids is 4. The maximum Gasteiger partial charge on any atom is 0.335 e. The number of hydrogen-bond acceptors (Lipinski definition) is 6. The van der Waals surface area contributed by atoms with Crippen LogP contribution in [0.5, 0.6) is 11.5 Å². The molecule has 3 aromatic rings. The zero-order valence-electron chi connectivity index (χ0n) is 20.0. The number of halogens is 2. The normalized spacial score (nSPS) is 14.3. The predicted octanol–water partition coefficient (Wildman–Crippen LogP) is 5.19. The van der Waals surface area contributed by atoms with Gasteiger partial charge in [-0.1, -0.05) is 45.7 Å². The summed E-state index contributed by atoms with van der Waals surface area (Å²) >= 11 is 9.33. The molecular weight excluding hydrogens is 578 g/mol. The lowest BCUT2D eigenvalue weighted by Crippen LogP contribution is -2.54. The van der Waals surface area contributed by atoms with Crippen molar-refractivity contribution in [2.75, 3.05) is 23.4 Å². The van der Waals surface area contributed by atoms with Crippen LogP contribution in [0.2, 0.25) is 5.02 Å². The zero-order chi connectivity index (χ0) is 27.2. The number of benzene rings is 3. The molecule has 38 heavy (non-hydrogen) atoms. The van der Waals surface area contributed by atoms with E-state index in [1.165, 1.54) is 30.3 Å². The van der Waals surface area contributed by atoms with E-state index in [-0.39, 0.29) is 29.5 Å². The second kappa shape index (κ2) is 11.9. The summed E-state index contributed by atoms with van der Waals surface area (Å²) in [6, 6.07) is 17.3. The van der Waals surface area contributed by atoms with Crippen LogP contribution in [0.1, 0.15) is 12.5 Å². The average molecular weight is 599 g/mol. The molecule has 3 aromatic carbocycles. The second-order valence-electron chi connectivity index (χ2n) is 7.89. The lowest BCUT2D eigenvalue weighted by molar-refractivity contribution is -0.122. The van der Waals surface area contributed by atoms with Gasteiger partial charge >= 0.3 is 6.03 Å². The van der Waals surface area contributed by atoms with E-state index in [1.807, 2.05) is 6.07 Å². The first-order valence-corrected chi connectivity index (χ1v) is 12.5. The predicted molar refractivity (Wildman–Crippen MR) is 146 cm³/mol. The van der Waals surface area contributed by atoms with E-state index < -0.39 is 17.8 Å². The number of anilines is 2. The van der Waals surface area contributed by atoms with E-state index in [1.54, 1.807) is 43.3 Å². The van der Waals surface area contributed by atoms with Gasteiger partial charge < -0.3 is 14.8 Å². The van der Waals surface area contributed by atoms with Gasteiger partial charge in [0.05, 0.1) is 12.3 Å². The Bertz CT molecular complexity index is 1430. The van der Waals surface area contributed by atoms with Crippen LogP contribution >= 0.6 is 27.5 Å². The Morgan fingerprint density at radius 1 is 1.03 bits per heavy atom. The van der Waals surface area contributed by atoms with Crippen molar-refractivity contribution in [1.82, 2.24) is 5.32 Å². The van der Waals surface area contributed by atoms with Gasteiger partial charge in [0.25, 0.3) is 17.7 Å². The molecule has 0 atom stereocenters. The van der Waals surface area contributed by atoms with Gasteiger partial charge in [-0.15, -0.1) is 0 Å². The highest BCUT2D eigenvalue weighted by Gasteiger charge is 2.37. The summed E-state index contributed by atoms with van der Waals surface area (Å²) in [7, 11) is 0. The first-order valence-electron chi connectivity index (χ1n) is 11.4. The highest BCUT2D eigenvalue weighted by atomic mass is 79.9. The molecule has 1 heterocycles. The van der Waals surface area contributed by atoms with Crippen LogP contribution < -0.4 is 25.0 Å². The molecule has 1 aliphatic heterocycles. The number of para-hydroxylation sites is 1. The molecule has 11 heteroatoms. The Labute approximate surface area is 231 Å². The lowest BCUT2D eigenvalue weighted by Gasteiger charge is -2.26. The fourth-order valence-corrected chi connectivity index (χ4v) is 4.10. The first-order chi connectivity index (χ1) is 18.3. The molecule has 1 fully saturated rings. The van der Waals surface area contributed by atoms with E-state index in [0.29, 0.717) is 33.1 Å². The Hall–Kier alpha value is -4.15. The topological polar surface area (TPSA) is 114 Å². The Morgan fingerprint density at radius 3 is 2.39 bits per heavy atom. The smallest absolute Gasteiger partial charge is 0.335 e. The molecule has 0 aromatic heterocycles. The fourth-order valence-electron chi connectivity index (χ4n) is 3.54. The lowest BCUT2D eigenvalue weighted by atomic mass is 10.1. The first kappa shape index (κ1) is 26.9. The Balaban J connectivity index is 1.59. The summed E-state index contributed by atoms with van der Waals surface area (Å²) < 4.78 is 11.8. The van der Waals surface area contributed by atoms with Crippen molar-refractivity contribution in [2.24, 2.45) is 0 Å². The van der Waals surface area contributed by atoms with E-state index >= 15 is 0 Å². The highest BCUT2D eigenvalue weighted by molar-refractivity contribution is 9.10. The minimum atomic E-state index is -0.869. The van der Waals surface area contributed by atoms with Crippen LogP contribution in [0.25, 0.3) is 6.08 Å². The van der Waals surface area contributed by atoms with Crippen LogP contribution in [0, 0.1) is 0 Å². The summed E-state index contributed by atoms with van der Waals surface area (Å²) in [6.45, 7) is 1.79. The summed E-state index contributed by atoms with van der Waals surface area (Å²) in [5.41, 5.74) is 1.04. The molecule has 0 radical (unpaired) electrons. The fraction of sp³-hybridized carbons (Fsp3) is 0.111. The quantitative estimate of drug-likeness (QED) is 0.273. The van der Waals surface area contributed by atoms with Gasteiger partial charge in [-0.25, -0.2) is 9.69 Å². The number of barbiturate groups is 1. The van der Waals surface area contributed by atoms with E-state index in [4.69, 9.17) is 21.1 Å². The minimum Gasteiger partial charge on any atom is -0.490 e. The van der Waals surface area contributed by atoms with Crippen molar-refractivity contribution < 1.29 is 28.7 Å². The standard InChI is InChI=1S/C27H21BrClN3O6/c1-2-37-22-13-16(21(28)14-23(22)38-15-24(33)30-18-6-4-3-5-7-18)12-20-25(34)31-27(36)32(26(20)35)19-10-8-17(29)9-11-19/h3-14H,2,15H2,1H3,(H,30,33)(H,31,34,36)/b20-12+. The molecule has 4 rings (SSSR count). The highest BCUT2D eigenvalue weighted by Crippen LogP contribution is 2.35. The largest absolute Gasteiger partial charge is 0.490 e. The monoisotopic (exact) mass is 597 g/mol. The molecule has 194 valence electrons. The number of amides is 5. The number of urea groups is 1. The number of carbonyl (C=O) groups is 4. The third-order valence-electron chi connectivity index (χ3n) is 5.27. The van der Waals surface area contributed by atoms with Crippen molar-refractivity contribution in [3.63, 3.8) is 0 Å². The molecule has 0 saturated carbocycles. The van der Waals surface area contributed by atoms with Crippen LogP contribution in [0.3, 0.4) is 0 Å². The summed E-state index contributed by atoms with van der Waals surface area (Å²) in [6.07, 6.45) is 1.34. The van der Waals surface area contributed by atoms with Crippen LogP contribution in [0.15, 0.2) is 76.8 Å². The van der Waals surface area contributed by atoms with E-state index in [2.05, 4.69) is 26.6 Å². The summed E-state index contributed by atoms with van der Waals surface area (Å²) in [5, 5.41) is 5.34. The van der Waals surface area contributed by atoms with Crippen molar-refractivity contribution in [3.05, 3.63) is 87.4 Å². The number of nitrogens with zero attached hydrogens (tertiary/aromatic N) is 1. The van der Waals surface area contributed by atoms with Gasteiger partial charge in [-0.05, 0) is 67.1 Å². The summed E-state index contributed by atoms with van der Waals surface area (Å²) in [5.74, 6) is -1.43. The SMILES string of the molecule is CCOc1cc(/C=C2\C(=O)NC(=O)N(c3ccc(Cl)cc3)C2=O)c(Br)cc1OCC(=O)Nc1ccccc1. The number of rotatable bonds is 8. The second-order valence-corrected chi connectivity index (χ2v) is 9.18. The molecular formula is C27H21BrClN3O6. The van der Waals surface area contributed by atoms with Gasteiger partial charge in [-0.3, -0.25) is 19.7 Å². The average Bonchev–Trinajstić information content (AvgIpc) is 2.89. The molecule has 0 bridgehead atoms. The Morgan fingerprint density at radius 2 is 1.71 bits per heavy atom. The van der Waals surface area contributed by atoms with E-state index in [9.17, 15) is 19.2 Å².